The smallest absolute Gasteiger partial charge is 0.254 e. The second kappa shape index (κ2) is 11.1. The Labute approximate surface area is 175 Å². The van der Waals surface area contributed by atoms with Crippen molar-refractivity contribution in [3.8, 4) is 0 Å². The highest BCUT2D eigenvalue weighted by atomic mass is 35.5. The molecule has 0 saturated carbocycles. The van der Waals surface area contributed by atoms with Gasteiger partial charge >= 0.3 is 0 Å². The maximum atomic E-state index is 12.7. The Balaban J connectivity index is 0.00000364. The number of hydrogen-bond acceptors (Lipinski definition) is 3. The van der Waals surface area contributed by atoms with Crippen molar-refractivity contribution >= 4 is 53.1 Å². The Kier molecular flexibility index (Phi) is 9.60. The molecule has 27 heavy (non-hydrogen) atoms. The van der Waals surface area contributed by atoms with Gasteiger partial charge in [-0.1, -0.05) is 42.3 Å². The summed E-state index contributed by atoms with van der Waals surface area (Å²) >= 11 is 12.0. The first-order valence-corrected chi connectivity index (χ1v) is 9.03. The maximum absolute atomic E-state index is 12.7. The van der Waals surface area contributed by atoms with Crippen molar-refractivity contribution in [1.29, 1.82) is 0 Å². The summed E-state index contributed by atoms with van der Waals surface area (Å²) in [6.07, 6.45) is 0.734. The van der Waals surface area contributed by atoms with Crippen molar-refractivity contribution in [1.82, 2.24) is 4.90 Å². The Morgan fingerprint density at radius 3 is 2.37 bits per heavy atom. The largest absolute Gasteiger partial charge is 0.329 e. The third-order valence-corrected chi connectivity index (χ3v) is 4.32. The Hall–Kier alpha value is -1.79. The number of anilines is 1. The summed E-state index contributed by atoms with van der Waals surface area (Å²) in [6.45, 7) is 2.75. The molecular formula is C19H22Cl3N3O2. The van der Waals surface area contributed by atoms with E-state index in [1.54, 1.807) is 30.3 Å². The van der Waals surface area contributed by atoms with E-state index in [-0.39, 0.29) is 30.8 Å². The van der Waals surface area contributed by atoms with Crippen LogP contribution in [0.4, 0.5) is 5.69 Å². The lowest BCUT2D eigenvalue weighted by atomic mass is 10.1. The standard InChI is InChI=1S/C19H21Cl2N3O2.ClH/c1-2-9-24(19(26)14-5-3-13(11-22)4-6-14)12-18(25)23-17-10-15(20)7-8-16(17)21;/h3-8,10H,2,9,11-12,22H2,1H3,(H,23,25);1H. The first-order chi connectivity index (χ1) is 12.4. The minimum absolute atomic E-state index is 0. The van der Waals surface area contributed by atoms with Gasteiger partial charge in [-0.3, -0.25) is 9.59 Å². The van der Waals surface area contributed by atoms with Crippen LogP contribution in [0.1, 0.15) is 29.3 Å². The Morgan fingerprint density at radius 1 is 1.11 bits per heavy atom. The molecule has 2 amide bonds. The van der Waals surface area contributed by atoms with Crippen LogP contribution in [0.5, 0.6) is 0 Å². The third kappa shape index (κ3) is 6.70. The topological polar surface area (TPSA) is 75.4 Å². The summed E-state index contributed by atoms with van der Waals surface area (Å²) in [7, 11) is 0. The van der Waals surface area contributed by atoms with Crippen LogP contribution in [-0.4, -0.2) is 29.8 Å². The SMILES string of the molecule is CCCN(CC(=O)Nc1cc(Cl)ccc1Cl)C(=O)c1ccc(CN)cc1.Cl. The molecular weight excluding hydrogens is 409 g/mol. The van der Waals surface area contributed by atoms with E-state index in [1.165, 1.54) is 4.90 Å². The zero-order valence-electron chi connectivity index (χ0n) is 14.9. The van der Waals surface area contributed by atoms with E-state index in [9.17, 15) is 9.59 Å². The summed E-state index contributed by atoms with van der Waals surface area (Å²) < 4.78 is 0. The molecule has 0 radical (unpaired) electrons. The van der Waals surface area contributed by atoms with Crippen LogP contribution >= 0.6 is 35.6 Å². The van der Waals surface area contributed by atoms with Gasteiger partial charge in [-0.2, -0.15) is 0 Å². The van der Waals surface area contributed by atoms with E-state index in [0.717, 1.165) is 12.0 Å². The van der Waals surface area contributed by atoms with Gasteiger partial charge in [-0.05, 0) is 42.3 Å². The summed E-state index contributed by atoms with van der Waals surface area (Å²) in [5.74, 6) is -0.544. The second-order valence-electron chi connectivity index (χ2n) is 5.80. The predicted octanol–water partition coefficient (Wildman–Crippen LogP) is 4.36. The van der Waals surface area contributed by atoms with Gasteiger partial charge in [0, 0.05) is 23.7 Å². The number of carbonyl (C=O) groups is 2. The first-order valence-electron chi connectivity index (χ1n) is 8.27. The quantitative estimate of drug-likeness (QED) is 0.685. The van der Waals surface area contributed by atoms with Crippen molar-refractivity contribution in [3.63, 3.8) is 0 Å². The van der Waals surface area contributed by atoms with Gasteiger partial charge in [-0.25, -0.2) is 0 Å². The molecule has 0 bridgehead atoms. The van der Waals surface area contributed by atoms with Gasteiger partial charge in [0.25, 0.3) is 5.91 Å². The lowest BCUT2D eigenvalue weighted by molar-refractivity contribution is -0.116. The highest BCUT2D eigenvalue weighted by Gasteiger charge is 2.19. The maximum Gasteiger partial charge on any atom is 0.254 e. The lowest BCUT2D eigenvalue weighted by Crippen LogP contribution is -2.38. The fourth-order valence-electron chi connectivity index (χ4n) is 2.44. The second-order valence-corrected chi connectivity index (χ2v) is 6.64. The molecule has 0 aromatic heterocycles. The van der Waals surface area contributed by atoms with Crippen molar-refractivity contribution in [2.24, 2.45) is 5.73 Å². The van der Waals surface area contributed by atoms with Gasteiger partial charge in [0.1, 0.15) is 6.54 Å². The van der Waals surface area contributed by atoms with E-state index in [0.29, 0.717) is 34.4 Å². The number of nitrogens with zero attached hydrogens (tertiary/aromatic N) is 1. The van der Waals surface area contributed by atoms with Crippen molar-refractivity contribution < 1.29 is 9.59 Å². The molecule has 0 aliphatic rings. The number of nitrogens with two attached hydrogens (primary N) is 1. The number of benzene rings is 2. The average Bonchev–Trinajstić information content (AvgIpc) is 2.64. The predicted molar refractivity (Wildman–Crippen MR) is 113 cm³/mol. The van der Waals surface area contributed by atoms with Gasteiger partial charge < -0.3 is 16.0 Å². The van der Waals surface area contributed by atoms with Crippen LogP contribution in [0.15, 0.2) is 42.5 Å². The van der Waals surface area contributed by atoms with Crippen LogP contribution in [0.25, 0.3) is 0 Å². The van der Waals surface area contributed by atoms with Gasteiger partial charge in [-0.15, -0.1) is 12.4 Å². The highest BCUT2D eigenvalue weighted by Crippen LogP contribution is 2.25. The van der Waals surface area contributed by atoms with Crippen LogP contribution in [0, 0.1) is 0 Å². The van der Waals surface area contributed by atoms with E-state index in [1.807, 2.05) is 19.1 Å². The van der Waals surface area contributed by atoms with Crippen LogP contribution in [0.3, 0.4) is 0 Å². The average molecular weight is 431 g/mol. The molecule has 2 aromatic rings. The van der Waals surface area contributed by atoms with E-state index < -0.39 is 0 Å². The molecule has 0 saturated heterocycles. The number of halogens is 3. The molecule has 0 heterocycles. The molecule has 0 atom stereocenters. The van der Waals surface area contributed by atoms with Gasteiger partial charge in [0.15, 0.2) is 0 Å². The molecule has 146 valence electrons. The van der Waals surface area contributed by atoms with Crippen molar-refractivity contribution in [2.45, 2.75) is 19.9 Å². The number of hydrogen-bond donors (Lipinski definition) is 2. The summed E-state index contributed by atoms with van der Waals surface area (Å²) in [5, 5.41) is 3.55. The van der Waals surface area contributed by atoms with E-state index in [2.05, 4.69) is 5.32 Å². The Morgan fingerprint density at radius 2 is 1.78 bits per heavy atom. The zero-order chi connectivity index (χ0) is 19.1. The van der Waals surface area contributed by atoms with Crippen molar-refractivity contribution in [2.75, 3.05) is 18.4 Å². The number of amides is 2. The zero-order valence-corrected chi connectivity index (χ0v) is 17.2. The molecule has 2 rings (SSSR count). The summed E-state index contributed by atoms with van der Waals surface area (Å²) in [6, 6.07) is 11.9. The van der Waals surface area contributed by atoms with E-state index >= 15 is 0 Å². The molecule has 0 fully saturated rings. The molecule has 5 nitrogen and oxygen atoms in total. The summed E-state index contributed by atoms with van der Waals surface area (Å²) in [5.41, 5.74) is 7.45. The van der Waals surface area contributed by atoms with Gasteiger partial charge in [0.05, 0.1) is 10.7 Å². The van der Waals surface area contributed by atoms with Crippen LogP contribution in [-0.2, 0) is 11.3 Å². The Bertz CT molecular complexity index is 782. The normalized spacial score (nSPS) is 10.1. The molecule has 0 aliphatic heterocycles. The van der Waals surface area contributed by atoms with Crippen LogP contribution in [0.2, 0.25) is 10.0 Å². The molecule has 0 spiro atoms. The van der Waals surface area contributed by atoms with Crippen molar-refractivity contribution in [3.05, 3.63) is 63.6 Å². The minimum Gasteiger partial charge on any atom is -0.329 e. The molecule has 2 aromatic carbocycles. The molecule has 0 unspecified atom stereocenters. The summed E-state index contributed by atoms with van der Waals surface area (Å²) in [4.78, 5) is 26.6. The minimum atomic E-state index is -0.338. The lowest BCUT2D eigenvalue weighted by Gasteiger charge is -2.22. The molecule has 0 aliphatic carbocycles. The van der Waals surface area contributed by atoms with Gasteiger partial charge in [0.2, 0.25) is 5.91 Å². The molecule has 8 heteroatoms. The van der Waals surface area contributed by atoms with E-state index in [4.69, 9.17) is 28.9 Å². The number of rotatable bonds is 7. The van der Waals surface area contributed by atoms with Crippen LogP contribution < -0.4 is 11.1 Å². The first kappa shape index (κ1) is 23.2. The molecule has 3 N–H and O–H groups in total. The fourth-order valence-corrected chi connectivity index (χ4v) is 2.78. The number of carbonyl (C=O) groups excluding carboxylic acids is 2. The fraction of sp³-hybridized carbons (Fsp3) is 0.263. The highest BCUT2D eigenvalue weighted by molar-refractivity contribution is 6.35. The monoisotopic (exact) mass is 429 g/mol. The number of nitrogens with one attached hydrogen (secondary N) is 1. The third-order valence-electron chi connectivity index (χ3n) is 3.75.